The molecule has 0 bridgehead atoms. The van der Waals surface area contributed by atoms with E-state index in [1.807, 2.05) is 30.3 Å². The summed E-state index contributed by atoms with van der Waals surface area (Å²) in [5, 5.41) is 16.9. The first kappa shape index (κ1) is 23.6. The number of pyridine rings is 1. The van der Waals surface area contributed by atoms with Gasteiger partial charge in [-0.15, -0.1) is 20.4 Å². The molecule has 36 heavy (non-hydrogen) atoms. The number of rotatable bonds is 4. The minimum Gasteiger partial charge on any atom is -0.416 e. The maximum Gasteiger partial charge on any atom is 0.266 e. The molecule has 7 heteroatoms. The van der Waals surface area contributed by atoms with Crippen LogP contribution in [0, 0.1) is 0 Å². The first-order valence-corrected chi connectivity index (χ1v) is 11.9. The second-order valence-electron chi connectivity index (χ2n) is 10.9. The molecule has 0 aliphatic carbocycles. The van der Waals surface area contributed by atoms with Crippen LogP contribution in [0.4, 0.5) is 0 Å². The van der Waals surface area contributed by atoms with Crippen LogP contribution in [-0.4, -0.2) is 25.4 Å². The number of hydrogen-bond donors (Lipinski definition) is 0. The molecule has 0 amide bonds. The Morgan fingerprint density at radius 1 is 0.500 bits per heavy atom. The van der Waals surface area contributed by atoms with E-state index in [1.54, 1.807) is 12.3 Å². The maximum atomic E-state index is 5.97. The van der Waals surface area contributed by atoms with Gasteiger partial charge in [-0.3, -0.25) is 4.98 Å². The highest BCUT2D eigenvalue weighted by atomic mass is 16.4. The zero-order chi connectivity index (χ0) is 25.5. The molecule has 0 aliphatic heterocycles. The van der Waals surface area contributed by atoms with Crippen LogP contribution in [0.5, 0.6) is 0 Å². The monoisotopic (exact) mass is 479 g/mol. The van der Waals surface area contributed by atoms with Gasteiger partial charge < -0.3 is 8.83 Å². The molecular formula is C29H29N5O2. The van der Waals surface area contributed by atoms with Crippen molar-refractivity contribution < 1.29 is 8.83 Å². The molecule has 5 aromatic rings. The fourth-order valence-corrected chi connectivity index (χ4v) is 3.81. The molecule has 0 aliphatic rings. The van der Waals surface area contributed by atoms with E-state index in [4.69, 9.17) is 8.83 Å². The summed E-state index contributed by atoms with van der Waals surface area (Å²) in [6.07, 6.45) is 1.66. The van der Waals surface area contributed by atoms with E-state index in [-0.39, 0.29) is 10.8 Å². The van der Waals surface area contributed by atoms with E-state index in [1.165, 1.54) is 11.1 Å². The zero-order valence-corrected chi connectivity index (χ0v) is 21.4. The van der Waals surface area contributed by atoms with Crippen molar-refractivity contribution in [2.45, 2.75) is 52.4 Å². The first-order chi connectivity index (χ1) is 17.1. The smallest absolute Gasteiger partial charge is 0.266 e. The van der Waals surface area contributed by atoms with Crippen molar-refractivity contribution in [3.05, 3.63) is 78.0 Å². The van der Waals surface area contributed by atoms with Crippen molar-refractivity contribution in [3.63, 3.8) is 0 Å². The van der Waals surface area contributed by atoms with Crippen LogP contribution in [0.25, 0.3) is 45.9 Å². The van der Waals surface area contributed by atoms with Crippen molar-refractivity contribution >= 4 is 0 Å². The zero-order valence-electron chi connectivity index (χ0n) is 21.4. The number of benzene rings is 2. The summed E-state index contributed by atoms with van der Waals surface area (Å²) in [7, 11) is 0. The second-order valence-corrected chi connectivity index (χ2v) is 10.9. The molecule has 0 fully saturated rings. The van der Waals surface area contributed by atoms with Crippen LogP contribution >= 0.6 is 0 Å². The van der Waals surface area contributed by atoms with Gasteiger partial charge in [0.25, 0.3) is 5.89 Å². The predicted molar refractivity (Wildman–Crippen MR) is 139 cm³/mol. The number of nitrogens with zero attached hydrogens (tertiary/aromatic N) is 5. The maximum absolute atomic E-state index is 5.97. The van der Waals surface area contributed by atoms with Crippen molar-refractivity contribution in [1.82, 2.24) is 25.4 Å². The molecule has 0 spiro atoms. The highest BCUT2D eigenvalue weighted by molar-refractivity contribution is 5.63. The lowest BCUT2D eigenvalue weighted by Gasteiger charge is -2.18. The van der Waals surface area contributed by atoms with Crippen molar-refractivity contribution in [2.24, 2.45) is 0 Å². The predicted octanol–water partition coefficient (Wildman–Crippen LogP) is 7.11. The molecule has 0 atom stereocenters. The lowest BCUT2D eigenvalue weighted by molar-refractivity contribution is 0.578. The average Bonchev–Trinajstić information content (AvgIpc) is 3.54. The van der Waals surface area contributed by atoms with Gasteiger partial charge in [0.05, 0.1) is 0 Å². The Bertz CT molecular complexity index is 1370. The molecule has 182 valence electrons. The van der Waals surface area contributed by atoms with Crippen molar-refractivity contribution in [2.75, 3.05) is 0 Å². The van der Waals surface area contributed by atoms with E-state index in [9.17, 15) is 0 Å². The molecule has 3 heterocycles. The van der Waals surface area contributed by atoms with Gasteiger partial charge in [0, 0.05) is 22.9 Å². The van der Waals surface area contributed by atoms with Crippen LogP contribution in [-0.2, 0) is 10.8 Å². The first-order valence-electron chi connectivity index (χ1n) is 11.9. The topological polar surface area (TPSA) is 90.7 Å². The standard InChI is InChI=1S/C29H29N5O2/c1-28(2,3)21-11-7-18(8-12-21)24-31-33-26(35-24)20-15-16-30-23(17-20)27-34-32-25(36-27)19-9-13-22(14-10-19)29(4,5)6/h7-17H,1-6H3. The normalized spacial score (nSPS) is 12.2. The molecule has 0 unspecified atom stereocenters. The summed E-state index contributed by atoms with van der Waals surface area (Å²) < 4.78 is 11.9. The Labute approximate surface area is 210 Å². The molecule has 5 rings (SSSR count). The van der Waals surface area contributed by atoms with E-state index in [0.29, 0.717) is 29.3 Å². The fraction of sp³-hybridized carbons (Fsp3) is 0.276. The van der Waals surface area contributed by atoms with Crippen LogP contribution in [0.15, 0.2) is 75.7 Å². The van der Waals surface area contributed by atoms with E-state index in [0.717, 1.165) is 16.7 Å². The summed E-state index contributed by atoms with van der Waals surface area (Å²) in [6, 6.07) is 20.0. The molecular weight excluding hydrogens is 450 g/mol. The van der Waals surface area contributed by atoms with Gasteiger partial charge in [-0.05, 0) is 58.4 Å². The Hall–Kier alpha value is -4.13. The molecule has 2 aromatic carbocycles. The molecule has 0 N–H and O–H groups in total. The summed E-state index contributed by atoms with van der Waals surface area (Å²) in [4.78, 5) is 4.40. The molecule has 0 saturated heterocycles. The van der Waals surface area contributed by atoms with Gasteiger partial charge in [-0.25, -0.2) is 0 Å². The van der Waals surface area contributed by atoms with Gasteiger partial charge in [-0.2, -0.15) is 0 Å². The lowest BCUT2D eigenvalue weighted by Crippen LogP contribution is -2.10. The average molecular weight is 480 g/mol. The largest absolute Gasteiger partial charge is 0.416 e. The quantitative estimate of drug-likeness (QED) is 0.271. The summed E-state index contributed by atoms with van der Waals surface area (Å²) in [6.45, 7) is 13.1. The highest BCUT2D eigenvalue weighted by Gasteiger charge is 2.18. The van der Waals surface area contributed by atoms with Crippen LogP contribution in [0.1, 0.15) is 52.7 Å². The summed E-state index contributed by atoms with van der Waals surface area (Å²) in [5.74, 6) is 1.62. The highest BCUT2D eigenvalue weighted by Crippen LogP contribution is 2.30. The molecule has 0 radical (unpaired) electrons. The summed E-state index contributed by atoms with van der Waals surface area (Å²) in [5.41, 5.74) is 5.63. The fourth-order valence-electron chi connectivity index (χ4n) is 3.81. The Morgan fingerprint density at radius 2 is 0.917 bits per heavy atom. The van der Waals surface area contributed by atoms with E-state index in [2.05, 4.69) is 91.2 Å². The summed E-state index contributed by atoms with van der Waals surface area (Å²) >= 11 is 0. The third kappa shape index (κ3) is 4.82. The van der Waals surface area contributed by atoms with Crippen molar-refractivity contribution in [1.29, 1.82) is 0 Å². The van der Waals surface area contributed by atoms with Gasteiger partial charge in [0.2, 0.25) is 17.7 Å². The van der Waals surface area contributed by atoms with Crippen LogP contribution in [0.3, 0.4) is 0 Å². The molecule has 7 nitrogen and oxygen atoms in total. The third-order valence-corrected chi connectivity index (χ3v) is 6.07. The van der Waals surface area contributed by atoms with E-state index >= 15 is 0 Å². The Balaban J connectivity index is 1.38. The molecule has 3 aromatic heterocycles. The minimum atomic E-state index is 0.0768. The van der Waals surface area contributed by atoms with E-state index < -0.39 is 0 Å². The van der Waals surface area contributed by atoms with Gasteiger partial charge in [0.15, 0.2) is 0 Å². The van der Waals surface area contributed by atoms with Gasteiger partial charge >= 0.3 is 0 Å². The molecule has 0 saturated carbocycles. The van der Waals surface area contributed by atoms with Gasteiger partial charge in [0.1, 0.15) is 5.69 Å². The van der Waals surface area contributed by atoms with Gasteiger partial charge in [-0.1, -0.05) is 65.8 Å². The Morgan fingerprint density at radius 3 is 1.39 bits per heavy atom. The lowest BCUT2D eigenvalue weighted by atomic mass is 9.87. The SMILES string of the molecule is CC(C)(C)c1ccc(-c2nnc(-c3ccnc(-c4nnc(-c5ccc(C(C)(C)C)cc5)o4)c3)o2)cc1. The van der Waals surface area contributed by atoms with Crippen LogP contribution < -0.4 is 0 Å². The number of aromatic nitrogens is 5. The van der Waals surface area contributed by atoms with Crippen LogP contribution in [0.2, 0.25) is 0 Å². The third-order valence-electron chi connectivity index (χ3n) is 6.07. The second kappa shape index (κ2) is 8.82. The Kier molecular flexibility index (Phi) is 5.79. The van der Waals surface area contributed by atoms with Crippen molar-refractivity contribution in [3.8, 4) is 45.9 Å². The number of hydrogen-bond acceptors (Lipinski definition) is 7. The minimum absolute atomic E-state index is 0.0768.